The predicted octanol–water partition coefficient (Wildman–Crippen LogP) is 3.20. The van der Waals surface area contributed by atoms with Crippen molar-refractivity contribution in [2.45, 2.75) is 52.0 Å². The van der Waals surface area contributed by atoms with Gasteiger partial charge in [0.05, 0.1) is 11.3 Å². The summed E-state index contributed by atoms with van der Waals surface area (Å²) < 4.78 is 0. The zero-order chi connectivity index (χ0) is 26.4. The smallest absolute Gasteiger partial charge is 0.870 e. The monoisotopic (exact) mass is 523 g/mol. The van der Waals surface area contributed by atoms with Crippen LogP contribution in [0.3, 0.4) is 0 Å². The van der Waals surface area contributed by atoms with Crippen LogP contribution in [0.5, 0.6) is 0 Å². The summed E-state index contributed by atoms with van der Waals surface area (Å²) in [5, 5.41) is 18.3. The maximum Gasteiger partial charge on any atom is 1.00 e. The van der Waals surface area contributed by atoms with E-state index < -0.39 is 23.9 Å². The van der Waals surface area contributed by atoms with Gasteiger partial charge in [0, 0.05) is 5.69 Å². The molecular formula is C30H34LiN3O5. The van der Waals surface area contributed by atoms with E-state index in [9.17, 15) is 19.5 Å². The molecule has 200 valence electrons. The Morgan fingerprint density at radius 2 is 1.46 bits per heavy atom. The predicted molar refractivity (Wildman–Crippen MR) is 148 cm³/mol. The number of carboxylic acids is 1. The molecule has 1 fully saturated rings. The van der Waals surface area contributed by atoms with Crippen LogP contribution >= 0.6 is 0 Å². The van der Waals surface area contributed by atoms with Crippen molar-refractivity contribution in [1.29, 1.82) is 0 Å². The van der Waals surface area contributed by atoms with Crippen molar-refractivity contribution in [3.05, 3.63) is 83.4 Å². The van der Waals surface area contributed by atoms with E-state index >= 15 is 0 Å². The molecule has 8 nitrogen and oxygen atoms in total. The van der Waals surface area contributed by atoms with Gasteiger partial charge in [-0.05, 0) is 67.0 Å². The SMILES string of the molecule is Cc1cccc(C)c1NC(=O)Nc1cc(-c2ccccc2)ccc1C(=O)N[C@H](C(=O)O)C1CCCCC1.[Li+].[OH-]. The molecule has 1 aliphatic carbocycles. The average molecular weight is 524 g/mol. The third kappa shape index (κ3) is 7.96. The number of urea groups is 1. The summed E-state index contributed by atoms with van der Waals surface area (Å²) in [7, 11) is 0. The first-order valence-electron chi connectivity index (χ1n) is 12.7. The summed E-state index contributed by atoms with van der Waals surface area (Å²) in [6.45, 7) is 3.82. The molecule has 0 aliphatic heterocycles. The number of carboxylic acid groups (broad SMARTS) is 1. The number of aryl methyl sites for hydroxylation is 2. The van der Waals surface area contributed by atoms with Gasteiger partial charge in [0.1, 0.15) is 6.04 Å². The van der Waals surface area contributed by atoms with Crippen molar-refractivity contribution in [3.8, 4) is 11.1 Å². The van der Waals surface area contributed by atoms with Crippen molar-refractivity contribution in [2.24, 2.45) is 5.92 Å². The molecule has 0 heterocycles. The van der Waals surface area contributed by atoms with Gasteiger partial charge in [-0.3, -0.25) is 4.79 Å². The van der Waals surface area contributed by atoms with E-state index in [1.54, 1.807) is 18.2 Å². The van der Waals surface area contributed by atoms with Crippen LogP contribution in [0.2, 0.25) is 0 Å². The Labute approximate surface area is 241 Å². The number of amides is 3. The van der Waals surface area contributed by atoms with Gasteiger partial charge in [0.2, 0.25) is 0 Å². The quantitative estimate of drug-likeness (QED) is 0.353. The average Bonchev–Trinajstić information content (AvgIpc) is 2.90. The molecule has 0 radical (unpaired) electrons. The van der Waals surface area contributed by atoms with E-state index in [0.717, 1.165) is 54.4 Å². The summed E-state index contributed by atoms with van der Waals surface area (Å²) in [6.07, 6.45) is 4.55. The normalized spacial score (nSPS) is 13.7. The molecule has 1 atom stereocenters. The van der Waals surface area contributed by atoms with E-state index in [2.05, 4.69) is 16.0 Å². The van der Waals surface area contributed by atoms with Crippen molar-refractivity contribution in [1.82, 2.24) is 5.32 Å². The molecule has 0 saturated heterocycles. The van der Waals surface area contributed by atoms with E-state index in [1.807, 2.05) is 62.4 Å². The number of nitrogens with one attached hydrogen (secondary N) is 3. The largest absolute Gasteiger partial charge is 1.00 e. The Morgan fingerprint density at radius 3 is 2.08 bits per heavy atom. The number of anilines is 2. The molecule has 0 aromatic heterocycles. The summed E-state index contributed by atoms with van der Waals surface area (Å²) in [6, 6.07) is 19.1. The van der Waals surface area contributed by atoms with Crippen LogP contribution in [-0.4, -0.2) is 34.5 Å². The first-order valence-corrected chi connectivity index (χ1v) is 12.7. The molecule has 3 aromatic carbocycles. The van der Waals surface area contributed by atoms with Crippen LogP contribution in [0.15, 0.2) is 66.7 Å². The fourth-order valence-corrected chi connectivity index (χ4v) is 5.00. The van der Waals surface area contributed by atoms with Crippen molar-refractivity contribution < 1.29 is 43.8 Å². The van der Waals surface area contributed by atoms with Crippen molar-refractivity contribution in [2.75, 3.05) is 10.6 Å². The van der Waals surface area contributed by atoms with Crippen LogP contribution in [0, 0.1) is 19.8 Å². The number of carbonyl (C=O) groups excluding carboxylic acids is 2. The zero-order valence-corrected chi connectivity index (χ0v) is 22.7. The van der Waals surface area contributed by atoms with Crippen LogP contribution < -0.4 is 34.8 Å². The molecule has 0 spiro atoms. The number of aliphatic carboxylic acids is 1. The van der Waals surface area contributed by atoms with Gasteiger partial charge in [0.25, 0.3) is 5.91 Å². The number of hydrogen-bond acceptors (Lipinski definition) is 4. The van der Waals surface area contributed by atoms with Gasteiger partial charge in [-0.1, -0.05) is 73.9 Å². The van der Waals surface area contributed by atoms with E-state index in [1.165, 1.54) is 0 Å². The van der Waals surface area contributed by atoms with Crippen LogP contribution in [0.25, 0.3) is 11.1 Å². The Bertz CT molecular complexity index is 1270. The van der Waals surface area contributed by atoms with Crippen LogP contribution in [0.1, 0.15) is 53.6 Å². The van der Waals surface area contributed by atoms with Gasteiger partial charge in [0.15, 0.2) is 0 Å². The zero-order valence-electron chi connectivity index (χ0n) is 22.7. The Kier molecular flexibility index (Phi) is 11.8. The maximum absolute atomic E-state index is 13.4. The Hall–Kier alpha value is -3.57. The number of carbonyl (C=O) groups is 3. The summed E-state index contributed by atoms with van der Waals surface area (Å²) >= 11 is 0. The topological polar surface area (TPSA) is 138 Å². The molecule has 3 amide bonds. The Balaban J connectivity index is 0.00000267. The fourth-order valence-electron chi connectivity index (χ4n) is 5.00. The van der Waals surface area contributed by atoms with Gasteiger partial charge in [-0.15, -0.1) is 0 Å². The third-order valence-electron chi connectivity index (χ3n) is 7.01. The van der Waals surface area contributed by atoms with Gasteiger partial charge in [-0.25, -0.2) is 9.59 Å². The molecule has 0 unspecified atom stereocenters. The van der Waals surface area contributed by atoms with Crippen molar-refractivity contribution in [3.63, 3.8) is 0 Å². The summed E-state index contributed by atoms with van der Waals surface area (Å²) in [5.74, 6) is -1.68. The van der Waals surface area contributed by atoms with Crippen LogP contribution in [-0.2, 0) is 4.79 Å². The molecule has 9 heteroatoms. The molecule has 0 bridgehead atoms. The first kappa shape index (κ1) is 31.6. The molecule has 3 aromatic rings. The molecular weight excluding hydrogens is 489 g/mol. The summed E-state index contributed by atoms with van der Waals surface area (Å²) in [5.41, 5.74) is 4.80. The standard InChI is InChI=1S/C30H33N3O4.Li.H2O/c1-19-10-9-11-20(2)26(19)33-30(37)31-25-18-23(21-12-5-3-6-13-21)16-17-24(25)28(34)32-27(29(35)36)22-14-7-4-8-15-22;;/h3,5-6,9-13,16-18,22,27H,4,7-8,14-15H2,1-2H3,(H,32,34)(H,35,36)(H2,31,33,37);;1H2/q;+1;/p-1/t27-;;/m0../s1. The molecule has 1 aliphatic rings. The minimum Gasteiger partial charge on any atom is -0.870 e. The number of benzene rings is 3. The first-order chi connectivity index (χ1) is 17.8. The van der Waals surface area contributed by atoms with Crippen LogP contribution in [0.4, 0.5) is 16.2 Å². The van der Waals surface area contributed by atoms with Crippen molar-refractivity contribution >= 4 is 29.3 Å². The molecule has 5 N–H and O–H groups in total. The maximum atomic E-state index is 13.4. The minimum absolute atomic E-state index is 0. The fraction of sp³-hybridized carbons (Fsp3) is 0.300. The molecule has 39 heavy (non-hydrogen) atoms. The Morgan fingerprint density at radius 1 is 0.821 bits per heavy atom. The number of rotatable bonds is 7. The second-order valence-electron chi connectivity index (χ2n) is 9.66. The van der Waals surface area contributed by atoms with Gasteiger partial charge in [-0.2, -0.15) is 0 Å². The minimum atomic E-state index is -1.04. The van der Waals surface area contributed by atoms with Gasteiger partial charge < -0.3 is 26.5 Å². The molecule has 4 rings (SSSR count). The van der Waals surface area contributed by atoms with E-state index in [0.29, 0.717) is 11.4 Å². The molecule has 1 saturated carbocycles. The third-order valence-corrected chi connectivity index (χ3v) is 7.01. The van der Waals surface area contributed by atoms with Gasteiger partial charge >= 0.3 is 30.9 Å². The number of hydrogen-bond donors (Lipinski definition) is 4. The summed E-state index contributed by atoms with van der Waals surface area (Å²) in [4.78, 5) is 38.5. The second kappa shape index (κ2) is 14.5. The van der Waals surface area contributed by atoms with E-state index in [-0.39, 0.29) is 35.8 Å². The van der Waals surface area contributed by atoms with E-state index in [4.69, 9.17) is 0 Å². The second-order valence-corrected chi connectivity index (χ2v) is 9.66. The number of para-hydroxylation sites is 1.